The van der Waals surface area contributed by atoms with Gasteiger partial charge in [0, 0.05) is 16.5 Å². The molecule has 0 spiro atoms. The van der Waals surface area contributed by atoms with Crippen molar-refractivity contribution < 1.29 is 14.2 Å². The normalized spacial score (nSPS) is 13.3. The average Bonchev–Trinajstić information content (AvgIpc) is 3.26. The summed E-state index contributed by atoms with van der Waals surface area (Å²) in [6.07, 6.45) is 6.75. The Kier molecular flexibility index (Phi) is 4.61. The molecule has 0 saturated carbocycles. The van der Waals surface area contributed by atoms with Gasteiger partial charge in [-0.2, -0.15) is 0 Å². The molecule has 0 unspecified atom stereocenters. The number of nitrogens with one attached hydrogen (secondary N) is 1. The number of methoxy groups -OCH3 is 3. The van der Waals surface area contributed by atoms with E-state index >= 15 is 0 Å². The second-order valence-electron chi connectivity index (χ2n) is 6.27. The fourth-order valence-electron chi connectivity index (χ4n) is 3.45. The van der Waals surface area contributed by atoms with Gasteiger partial charge in [-0.25, -0.2) is 4.98 Å². The summed E-state index contributed by atoms with van der Waals surface area (Å²) in [5, 5.41) is 0.758. The Bertz CT molecular complexity index is 1100. The van der Waals surface area contributed by atoms with Crippen LogP contribution in [0.15, 0.2) is 16.9 Å². The van der Waals surface area contributed by atoms with Gasteiger partial charge in [-0.1, -0.05) is 0 Å². The van der Waals surface area contributed by atoms with Gasteiger partial charge in [0.05, 0.1) is 26.7 Å². The van der Waals surface area contributed by atoms with E-state index in [0.29, 0.717) is 23.1 Å². The van der Waals surface area contributed by atoms with Crippen molar-refractivity contribution in [3.8, 4) is 17.2 Å². The molecule has 0 fully saturated rings. The predicted molar refractivity (Wildman–Crippen MR) is 107 cm³/mol. The molecule has 1 N–H and O–H groups in total. The summed E-state index contributed by atoms with van der Waals surface area (Å²) < 4.78 is 16.1. The Labute approximate surface area is 160 Å². The van der Waals surface area contributed by atoms with Gasteiger partial charge >= 0.3 is 0 Å². The van der Waals surface area contributed by atoms with E-state index in [1.165, 1.54) is 10.4 Å². The lowest BCUT2D eigenvalue weighted by Gasteiger charge is -2.12. The summed E-state index contributed by atoms with van der Waals surface area (Å²) in [6, 6.07) is 3.59. The Hall–Kier alpha value is -2.80. The molecule has 0 saturated heterocycles. The number of aromatic nitrogens is 2. The van der Waals surface area contributed by atoms with Gasteiger partial charge in [0.15, 0.2) is 11.5 Å². The smallest absolute Gasteiger partial charge is 0.260 e. The van der Waals surface area contributed by atoms with Crippen LogP contribution in [0.5, 0.6) is 17.2 Å². The third-order valence-corrected chi connectivity index (χ3v) is 5.94. The topological polar surface area (TPSA) is 73.4 Å². The molecule has 0 amide bonds. The third-order valence-electron chi connectivity index (χ3n) is 4.75. The number of H-pyrrole nitrogens is 1. The van der Waals surface area contributed by atoms with Crippen LogP contribution in [0, 0.1) is 0 Å². The molecule has 140 valence electrons. The van der Waals surface area contributed by atoms with Crippen LogP contribution in [-0.2, 0) is 12.8 Å². The van der Waals surface area contributed by atoms with Gasteiger partial charge in [-0.3, -0.25) is 4.79 Å². The van der Waals surface area contributed by atoms with Gasteiger partial charge in [-0.15, -0.1) is 11.3 Å². The summed E-state index contributed by atoms with van der Waals surface area (Å²) in [5.41, 5.74) is 1.91. The fourth-order valence-corrected chi connectivity index (χ4v) is 4.72. The standard InChI is InChI=1S/C20H20N2O4S/c1-24-13-10-15(26-3)14(25-2)9-11(13)7-8-17-21-19(23)18-12-5-4-6-16(12)27-20(18)22-17/h7-10H,4-6H2,1-3H3,(H,21,22,23)/b8-7+. The highest BCUT2D eigenvalue weighted by Crippen LogP contribution is 2.36. The van der Waals surface area contributed by atoms with Crippen LogP contribution >= 0.6 is 11.3 Å². The van der Waals surface area contributed by atoms with Crippen molar-refractivity contribution in [3.63, 3.8) is 0 Å². The number of hydrogen-bond donors (Lipinski definition) is 1. The van der Waals surface area contributed by atoms with Crippen LogP contribution < -0.4 is 19.8 Å². The van der Waals surface area contributed by atoms with Gasteiger partial charge in [0.25, 0.3) is 5.56 Å². The molecule has 1 aromatic carbocycles. The maximum absolute atomic E-state index is 12.6. The molecule has 1 aliphatic carbocycles. The zero-order chi connectivity index (χ0) is 19.0. The Morgan fingerprint density at radius 1 is 1.04 bits per heavy atom. The lowest BCUT2D eigenvalue weighted by molar-refractivity contribution is 0.348. The first kappa shape index (κ1) is 17.6. The van der Waals surface area contributed by atoms with E-state index in [0.717, 1.165) is 35.0 Å². The average molecular weight is 384 g/mol. The number of ether oxygens (including phenoxy) is 3. The van der Waals surface area contributed by atoms with Crippen molar-refractivity contribution in [2.24, 2.45) is 0 Å². The van der Waals surface area contributed by atoms with Crippen LogP contribution in [0.3, 0.4) is 0 Å². The fraction of sp³-hybridized carbons (Fsp3) is 0.300. The number of aryl methyl sites for hydroxylation is 2. The molecule has 7 heteroatoms. The summed E-state index contributed by atoms with van der Waals surface area (Å²) >= 11 is 1.63. The number of nitrogens with zero attached hydrogens (tertiary/aromatic N) is 1. The van der Waals surface area contributed by atoms with Gasteiger partial charge in [-0.05, 0) is 43.0 Å². The molecule has 3 aromatic rings. The Morgan fingerprint density at radius 3 is 2.52 bits per heavy atom. The molecule has 4 rings (SSSR count). The van der Waals surface area contributed by atoms with Crippen LogP contribution in [-0.4, -0.2) is 31.3 Å². The molecule has 2 aromatic heterocycles. The zero-order valence-electron chi connectivity index (χ0n) is 15.4. The molecular weight excluding hydrogens is 364 g/mol. The number of rotatable bonds is 5. The highest BCUT2D eigenvalue weighted by atomic mass is 32.1. The molecule has 0 aliphatic heterocycles. The monoisotopic (exact) mass is 384 g/mol. The van der Waals surface area contributed by atoms with E-state index in [-0.39, 0.29) is 5.56 Å². The first-order valence-electron chi connectivity index (χ1n) is 8.67. The highest BCUT2D eigenvalue weighted by Gasteiger charge is 2.20. The third kappa shape index (κ3) is 3.08. The van der Waals surface area contributed by atoms with E-state index < -0.39 is 0 Å². The molecule has 2 heterocycles. The molecule has 6 nitrogen and oxygen atoms in total. The van der Waals surface area contributed by atoms with E-state index in [2.05, 4.69) is 9.97 Å². The van der Waals surface area contributed by atoms with E-state index in [9.17, 15) is 4.79 Å². The van der Waals surface area contributed by atoms with Crippen LogP contribution in [0.25, 0.3) is 22.4 Å². The minimum atomic E-state index is -0.0710. The van der Waals surface area contributed by atoms with Crippen molar-refractivity contribution in [2.75, 3.05) is 21.3 Å². The van der Waals surface area contributed by atoms with Crippen molar-refractivity contribution in [2.45, 2.75) is 19.3 Å². The first-order chi connectivity index (χ1) is 13.1. The highest BCUT2D eigenvalue weighted by molar-refractivity contribution is 7.18. The van der Waals surface area contributed by atoms with Gasteiger partial charge in [0.2, 0.25) is 0 Å². The van der Waals surface area contributed by atoms with E-state index in [1.807, 2.05) is 12.1 Å². The number of aromatic amines is 1. The largest absolute Gasteiger partial charge is 0.496 e. The van der Waals surface area contributed by atoms with Crippen molar-refractivity contribution in [1.82, 2.24) is 9.97 Å². The minimum Gasteiger partial charge on any atom is -0.496 e. The molecule has 27 heavy (non-hydrogen) atoms. The van der Waals surface area contributed by atoms with Crippen molar-refractivity contribution >= 4 is 33.7 Å². The van der Waals surface area contributed by atoms with Gasteiger partial charge in [0.1, 0.15) is 16.4 Å². The molecule has 0 radical (unpaired) electrons. The predicted octanol–water partition coefficient (Wildman–Crippen LogP) is 3.67. The maximum atomic E-state index is 12.6. The molecule has 0 atom stereocenters. The summed E-state index contributed by atoms with van der Waals surface area (Å²) in [7, 11) is 4.76. The van der Waals surface area contributed by atoms with Crippen LogP contribution in [0.1, 0.15) is 28.2 Å². The summed E-state index contributed by atoms with van der Waals surface area (Å²) in [5.74, 6) is 2.35. The number of fused-ring (bicyclic) bond motifs is 3. The number of thiophene rings is 1. The number of hydrogen-bond acceptors (Lipinski definition) is 6. The number of benzene rings is 1. The van der Waals surface area contributed by atoms with Gasteiger partial charge < -0.3 is 19.2 Å². The second kappa shape index (κ2) is 7.08. The molecule has 0 bridgehead atoms. The quantitative estimate of drug-likeness (QED) is 0.727. The Balaban J connectivity index is 1.74. The molecular formula is C20H20N2O4S. The SMILES string of the molecule is COc1cc(OC)c(OC)cc1/C=C/c1nc2sc3c(c2c(=O)[nH]1)CCC3. The summed E-state index contributed by atoms with van der Waals surface area (Å²) in [4.78, 5) is 22.2. The second-order valence-corrected chi connectivity index (χ2v) is 7.35. The van der Waals surface area contributed by atoms with E-state index in [1.54, 1.807) is 44.8 Å². The first-order valence-corrected chi connectivity index (χ1v) is 9.49. The lowest BCUT2D eigenvalue weighted by atomic mass is 10.1. The van der Waals surface area contributed by atoms with E-state index in [4.69, 9.17) is 14.2 Å². The zero-order valence-corrected chi connectivity index (χ0v) is 16.2. The van der Waals surface area contributed by atoms with Crippen molar-refractivity contribution in [1.29, 1.82) is 0 Å². The van der Waals surface area contributed by atoms with Crippen LogP contribution in [0.4, 0.5) is 0 Å². The summed E-state index contributed by atoms with van der Waals surface area (Å²) in [6.45, 7) is 0. The van der Waals surface area contributed by atoms with Crippen molar-refractivity contribution in [3.05, 3.63) is 44.3 Å². The Morgan fingerprint density at radius 2 is 1.78 bits per heavy atom. The van der Waals surface area contributed by atoms with Crippen LogP contribution in [0.2, 0.25) is 0 Å². The minimum absolute atomic E-state index is 0.0710. The maximum Gasteiger partial charge on any atom is 0.260 e. The lowest BCUT2D eigenvalue weighted by Crippen LogP contribution is -2.09. The molecule has 1 aliphatic rings.